The van der Waals surface area contributed by atoms with Crippen LogP contribution in [0.1, 0.15) is 78.7 Å². The molecule has 0 bridgehead atoms. The zero-order chi connectivity index (χ0) is 23.2. The van der Waals surface area contributed by atoms with Gasteiger partial charge in [0, 0.05) is 50.5 Å². The third kappa shape index (κ3) is 8.08. The van der Waals surface area contributed by atoms with E-state index in [0.29, 0.717) is 13.0 Å². The predicted octanol–water partition coefficient (Wildman–Crippen LogP) is 5.38. The van der Waals surface area contributed by atoms with Gasteiger partial charge in [-0.25, -0.2) is 4.79 Å². The monoisotopic (exact) mass is 430 g/mol. The highest BCUT2D eigenvalue weighted by molar-refractivity contribution is 5.91. The van der Waals surface area contributed by atoms with Gasteiger partial charge in [-0.2, -0.15) is 0 Å². The topological polar surface area (TPSA) is 64.7 Å². The van der Waals surface area contributed by atoms with E-state index < -0.39 is 0 Å². The Hall–Kier alpha value is -2.24. The normalized spacial score (nSPS) is 15.0. The first-order chi connectivity index (χ1) is 14.5. The lowest BCUT2D eigenvalue weighted by Crippen LogP contribution is -2.48. The largest absolute Gasteiger partial charge is 0.377 e. The minimum Gasteiger partial charge on any atom is -0.377 e. The number of nitrogens with one attached hydrogen (secondary N) is 2. The second-order valence-corrected chi connectivity index (χ2v) is 10.5. The molecule has 1 aromatic carbocycles. The van der Waals surface area contributed by atoms with Crippen molar-refractivity contribution in [3.05, 3.63) is 23.8 Å². The van der Waals surface area contributed by atoms with Crippen LogP contribution in [0, 0.1) is 5.41 Å². The van der Waals surface area contributed by atoms with E-state index in [1.807, 2.05) is 51.0 Å². The SMILES string of the molecule is CC(C)NC(=O)N(Cc1cc(NC(=O)CC(C)(C)C)ccc1N(C)C)C1CCCCC1. The summed E-state index contributed by atoms with van der Waals surface area (Å²) in [5, 5.41) is 6.13. The van der Waals surface area contributed by atoms with Gasteiger partial charge in [0.15, 0.2) is 0 Å². The first-order valence-corrected chi connectivity index (χ1v) is 11.6. The number of carbonyl (C=O) groups excluding carboxylic acids is 2. The smallest absolute Gasteiger partial charge is 0.318 e. The average molecular weight is 431 g/mol. The Bertz CT molecular complexity index is 746. The van der Waals surface area contributed by atoms with Crippen molar-refractivity contribution in [2.45, 2.75) is 91.8 Å². The van der Waals surface area contributed by atoms with Crippen LogP contribution >= 0.6 is 0 Å². The molecule has 0 aliphatic heterocycles. The van der Waals surface area contributed by atoms with Gasteiger partial charge in [0.2, 0.25) is 5.91 Å². The van der Waals surface area contributed by atoms with Crippen molar-refractivity contribution in [3.63, 3.8) is 0 Å². The number of anilines is 2. The maximum absolute atomic E-state index is 13.1. The summed E-state index contributed by atoms with van der Waals surface area (Å²) in [6.07, 6.45) is 6.13. The van der Waals surface area contributed by atoms with E-state index in [0.717, 1.165) is 29.8 Å². The number of amides is 3. The second kappa shape index (κ2) is 10.9. The highest BCUT2D eigenvalue weighted by atomic mass is 16.2. The molecule has 0 spiro atoms. The minimum absolute atomic E-state index is 0.00576. The Balaban J connectivity index is 2.30. The van der Waals surface area contributed by atoms with Gasteiger partial charge >= 0.3 is 6.03 Å². The van der Waals surface area contributed by atoms with E-state index in [2.05, 4.69) is 36.3 Å². The van der Waals surface area contributed by atoms with Gasteiger partial charge in [-0.3, -0.25) is 4.79 Å². The Morgan fingerprint density at radius 2 is 1.74 bits per heavy atom. The number of hydrogen-bond acceptors (Lipinski definition) is 3. The average Bonchev–Trinajstić information content (AvgIpc) is 2.64. The van der Waals surface area contributed by atoms with Crippen molar-refractivity contribution in [1.29, 1.82) is 0 Å². The molecule has 1 aromatic rings. The fourth-order valence-electron chi connectivity index (χ4n) is 4.19. The van der Waals surface area contributed by atoms with Crippen molar-refractivity contribution in [2.24, 2.45) is 5.41 Å². The second-order valence-electron chi connectivity index (χ2n) is 10.5. The molecule has 6 heteroatoms. The molecule has 31 heavy (non-hydrogen) atoms. The first-order valence-electron chi connectivity index (χ1n) is 11.6. The summed E-state index contributed by atoms with van der Waals surface area (Å²) in [5.74, 6) is 0.0118. The molecular weight excluding hydrogens is 388 g/mol. The van der Waals surface area contributed by atoms with Crippen LogP contribution in [0.15, 0.2) is 18.2 Å². The fourth-order valence-corrected chi connectivity index (χ4v) is 4.19. The molecule has 1 aliphatic rings. The maximum Gasteiger partial charge on any atom is 0.318 e. The molecule has 0 aromatic heterocycles. The van der Waals surface area contributed by atoms with Crippen LogP contribution in [0.25, 0.3) is 0 Å². The van der Waals surface area contributed by atoms with E-state index in [1.54, 1.807) is 0 Å². The molecule has 6 nitrogen and oxygen atoms in total. The highest BCUT2D eigenvalue weighted by Gasteiger charge is 2.27. The van der Waals surface area contributed by atoms with E-state index in [-0.39, 0.29) is 29.4 Å². The number of rotatable bonds is 7. The van der Waals surface area contributed by atoms with E-state index in [9.17, 15) is 9.59 Å². The van der Waals surface area contributed by atoms with Gasteiger partial charge in [0.1, 0.15) is 0 Å². The minimum atomic E-state index is -0.0663. The van der Waals surface area contributed by atoms with Crippen LogP contribution in [-0.2, 0) is 11.3 Å². The molecule has 0 heterocycles. The van der Waals surface area contributed by atoms with Crippen molar-refractivity contribution < 1.29 is 9.59 Å². The van der Waals surface area contributed by atoms with Crippen molar-refractivity contribution in [3.8, 4) is 0 Å². The summed E-state index contributed by atoms with van der Waals surface area (Å²) in [6.45, 7) is 10.7. The fraction of sp³-hybridized carbons (Fsp3) is 0.680. The van der Waals surface area contributed by atoms with Crippen LogP contribution in [0.3, 0.4) is 0 Å². The number of nitrogens with zero attached hydrogens (tertiary/aromatic N) is 2. The molecule has 174 valence electrons. The number of benzene rings is 1. The molecule has 0 radical (unpaired) electrons. The standard InChI is InChI=1S/C25H42N4O2/c1-18(2)26-24(31)29(21-11-9-8-10-12-21)17-19-15-20(13-14-22(19)28(6)7)27-23(30)16-25(3,4)5/h13-15,18,21H,8-12,16-17H2,1-7H3,(H,26,31)(H,27,30). The van der Waals surface area contributed by atoms with Gasteiger partial charge < -0.3 is 20.4 Å². The summed E-state index contributed by atoms with van der Waals surface area (Å²) in [6, 6.07) is 6.33. The third-order valence-electron chi connectivity index (χ3n) is 5.57. The van der Waals surface area contributed by atoms with E-state index >= 15 is 0 Å². The first kappa shape index (κ1) is 25.0. The molecule has 0 saturated heterocycles. The Kier molecular flexibility index (Phi) is 8.78. The summed E-state index contributed by atoms with van der Waals surface area (Å²) >= 11 is 0. The molecular formula is C25H42N4O2. The van der Waals surface area contributed by atoms with Crippen LogP contribution in [0.2, 0.25) is 0 Å². The van der Waals surface area contributed by atoms with Crippen molar-refractivity contribution >= 4 is 23.3 Å². The Labute approximate surface area is 188 Å². The number of urea groups is 1. The molecule has 2 rings (SSSR count). The predicted molar refractivity (Wildman–Crippen MR) is 130 cm³/mol. The highest BCUT2D eigenvalue weighted by Crippen LogP contribution is 2.29. The molecule has 3 amide bonds. The lowest BCUT2D eigenvalue weighted by molar-refractivity contribution is -0.117. The molecule has 1 aliphatic carbocycles. The number of hydrogen-bond donors (Lipinski definition) is 2. The van der Waals surface area contributed by atoms with Crippen LogP contribution in [0.4, 0.5) is 16.2 Å². The summed E-state index contributed by atoms with van der Waals surface area (Å²) in [4.78, 5) is 29.6. The summed E-state index contributed by atoms with van der Waals surface area (Å²) in [5.41, 5.74) is 2.82. The quantitative estimate of drug-likeness (QED) is 0.610. The van der Waals surface area contributed by atoms with Gasteiger partial charge in [-0.1, -0.05) is 40.0 Å². The van der Waals surface area contributed by atoms with Crippen LogP contribution in [-0.4, -0.2) is 43.0 Å². The van der Waals surface area contributed by atoms with Crippen LogP contribution in [0.5, 0.6) is 0 Å². The third-order valence-corrected chi connectivity index (χ3v) is 5.57. The Morgan fingerprint density at radius 1 is 1.10 bits per heavy atom. The maximum atomic E-state index is 13.1. The molecule has 2 N–H and O–H groups in total. The lowest BCUT2D eigenvalue weighted by atomic mass is 9.92. The van der Waals surface area contributed by atoms with E-state index in [4.69, 9.17) is 0 Å². The zero-order valence-electron chi connectivity index (χ0n) is 20.5. The molecule has 0 atom stereocenters. The molecule has 1 saturated carbocycles. The van der Waals surface area contributed by atoms with Crippen molar-refractivity contribution in [2.75, 3.05) is 24.3 Å². The summed E-state index contributed by atoms with van der Waals surface area (Å²) in [7, 11) is 4.02. The summed E-state index contributed by atoms with van der Waals surface area (Å²) < 4.78 is 0. The van der Waals surface area contributed by atoms with Gasteiger partial charge in [0.25, 0.3) is 0 Å². The number of carbonyl (C=O) groups is 2. The molecule has 0 unspecified atom stereocenters. The zero-order valence-corrected chi connectivity index (χ0v) is 20.5. The van der Waals surface area contributed by atoms with Crippen LogP contribution < -0.4 is 15.5 Å². The Morgan fingerprint density at radius 3 is 2.29 bits per heavy atom. The molecule has 1 fully saturated rings. The van der Waals surface area contributed by atoms with Gasteiger partial charge in [-0.05, 0) is 55.9 Å². The van der Waals surface area contributed by atoms with Crippen molar-refractivity contribution in [1.82, 2.24) is 10.2 Å². The van der Waals surface area contributed by atoms with Gasteiger partial charge in [-0.15, -0.1) is 0 Å². The van der Waals surface area contributed by atoms with Gasteiger partial charge in [0.05, 0.1) is 0 Å². The van der Waals surface area contributed by atoms with E-state index in [1.165, 1.54) is 19.3 Å². The lowest BCUT2D eigenvalue weighted by Gasteiger charge is -2.36.